The third kappa shape index (κ3) is 9.44. The van der Waals surface area contributed by atoms with Crippen LogP contribution in [-0.4, -0.2) is 0 Å². The molecule has 0 saturated heterocycles. The van der Waals surface area contributed by atoms with Gasteiger partial charge in [-0.3, -0.25) is 4.57 Å². The minimum absolute atomic E-state index is 0.851. The van der Waals surface area contributed by atoms with E-state index in [0.717, 1.165) is 38.5 Å². The molecule has 0 aromatic carbocycles. The maximum atomic E-state index is 11.2. The van der Waals surface area contributed by atoms with Crippen LogP contribution in [0, 0.1) is 23.2 Å². The van der Waals surface area contributed by atoms with Crippen molar-refractivity contribution in [3.63, 3.8) is 0 Å². The lowest BCUT2D eigenvalue weighted by Crippen LogP contribution is -1.66. The summed E-state index contributed by atoms with van der Waals surface area (Å²) in [5.74, 6) is 5.81. The van der Waals surface area contributed by atoms with E-state index in [-0.39, 0.29) is 0 Å². The summed E-state index contributed by atoms with van der Waals surface area (Å²) in [7, 11) is -1.92. The predicted molar refractivity (Wildman–Crippen MR) is 63.6 cm³/mol. The van der Waals surface area contributed by atoms with Crippen LogP contribution in [0.2, 0.25) is 0 Å². The van der Waals surface area contributed by atoms with Crippen molar-refractivity contribution in [3.05, 3.63) is 0 Å². The number of rotatable bonds is 4. The van der Waals surface area contributed by atoms with E-state index in [2.05, 4.69) is 37.0 Å². The molecule has 0 unspecified atom stereocenters. The second-order valence-corrected chi connectivity index (χ2v) is 4.30. The highest BCUT2D eigenvalue weighted by molar-refractivity contribution is 7.55. The van der Waals surface area contributed by atoms with E-state index in [1.54, 1.807) is 0 Å². The number of unbranched alkanes of at least 4 members (excludes halogenated alkanes) is 4. The molecule has 0 aliphatic heterocycles. The molecule has 0 aliphatic carbocycles. The van der Waals surface area contributed by atoms with Gasteiger partial charge in [-0.05, 0) is 24.2 Å². The fourth-order valence-corrected chi connectivity index (χ4v) is 1.48. The molecule has 0 amide bonds. The van der Waals surface area contributed by atoms with Crippen molar-refractivity contribution >= 4 is 7.80 Å². The molecule has 0 radical (unpaired) electrons. The summed E-state index contributed by atoms with van der Waals surface area (Å²) < 4.78 is 11.2. The van der Waals surface area contributed by atoms with Gasteiger partial charge in [0, 0.05) is 12.8 Å². The van der Waals surface area contributed by atoms with Crippen LogP contribution < -0.4 is 0 Å². The Kier molecular flexibility index (Phi) is 9.95. The highest BCUT2D eigenvalue weighted by atomic mass is 31.1. The molecule has 0 spiro atoms. The average Bonchev–Trinajstić information content (AvgIpc) is 2.19. The smallest absolute Gasteiger partial charge is 0.211 e. The maximum Gasteiger partial charge on any atom is 0.211 e. The molecule has 1 nitrogen and oxygen atoms in total. The topological polar surface area (TPSA) is 17.1 Å². The molecule has 2 heteroatoms. The highest BCUT2D eigenvalue weighted by Crippen LogP contribution is 2.15. The van der Waals surface area contributed by atoms with Gasteiger partial charge in [0.05, 0.1) is 0 Å². The Morgan fingerprint density at radius 2 is 1.36 bits per heavy atom. The van der Waals surface area contributed by atoms with E-state index in [4.69, 9.17) is 0 Å². The Labute approximate surface area is 88.5 Å². The van der Waals surface area contributed by atoms with E-state index in [1.807, 2.05) is 0 Å². The monoisotopic (exact) mass is 210 g/mol. The third-order valence-corrected chi connectivity index (χ3v) is 2.52. The molecule has 0 aromatic heterocycles. The molecule has 0 N–H and O–H groups in total. The second-order valence-electron chi connectivity index (χ2n) is 3.14. The highest BCUT2D eigenvalue weighted by Gasteiger charge is 1.83. The normalized spacial score (nSPS) is 8.79. The Morgan fingerprint density at radius 3 is 1.71 bits per heavy atom. The Hall–Kier alpha value is -0.650. The molecule has 0 rings (SSSR count). The van der Waals surface area contributed by atoms with Crippen LogP contribution in [0.15, 0.2) is 0 Å². The first-order valence-corrected chi connectivity index (χ1v) is 6.73. The van der Waals surface area contributed by atoms with E-state index >= 15 is 0 Å². The van der Waals surface area contributed by atoms with Crippen LogP contribution in [0.25, 0.3) is 0 Å². The molecule has 0 saturated carbocycles. The van der Waals surface area contributed by atoms with E-state index in [1.165, 1.54) is 0 Å². The Bertz CT molecular complexity index is 244. The summed E-state index contributed by atoms with van der Waals surface area (Å²) in [5.41, 5.74) is 5.43. The van der Waals surface area contributed by atoms with E-state index in [0.29, 0.717) is 0 Å². The Balaban J connectivity index is 3.69. The lowest BCUT2D eigenvalue weighted by molar-refractivity contribution is 0.599. The third-order valence-electron chi connectivity index (χ3n) is 1.71. The lowest BCUT2D eigenvalue weighted by Gasteiger charge is -1.84. The zero-order valence-electron chi connectivity index (χ0n) is 9.15. The SMILES string of the molecule is CCCCC#C[PH](=O)C#CCCCC. The van der Waals surface area contributed by atoms with Crippen LogP contribution >= 0.6 is 7.80 Å². The number of hydrogen-bond acceptors (Lipinski definition) is 1. The van der Waals surface area contributed by atoms with Gasteiger partial charge in [-0.1, -0.05) is 38.5 Å². The molecule has 14 heavy (non-hydrogen) atoms. The van der Waals surface area contributed by atoms with Crippen molar-refractivity contribution in [3.8, 4) is 23.2 Å². The molecule has 0 aromatic rings. The maximum absolute atomic E-state index is 11.2. The van der Waals surface area contributed by atoms with Crippen molar-refractivity contribution in [2.45, 2.75) is 52.4 Å². The average molecular weight is 210 g/mol. The van der Waals surface area contributed by atoms with Gasteiger partial charge in [-0.2, -0.15) is 0 Å². The first kappa shape index (κ1) is 13.4. The van der Waals surface area contributed by atoms with Gasteiger partial charge < -0.3 is 0 Å². The first-order chi connectivity index (χ1) is 6.81. The molecular formula is C12H19OP. The fraction of sp³-hybridized carbons (Fsp3) is 0.667. The van der Waals surface area contributed by atoms with Gasteiger partial charge in [0.25, 0.3) is 0 Å². The number of hydrogen-bond donors (Lipinski definition) is 0. The van der Waals surface area contributed by atoms with Gasteiger partial charge in [0.2, 0.25) is 7.80 Å². The van der Waals surface area contributed by atoms with Crippen molar-refractivity contribution < 1.29 is 4.57 Å². The van der Waals surface area contributed by atoms with Gasteiger partial charge in [0.15, 0.2) is 0 Å². The summed E-state index contributed by atoms with van der Waals surface area (Å²) in [6, 6.07) is 0. The predicted octanol–water partition coefficient (Wildman–Crippen LogP) is 3.85. The quantitative estimate of drug-likeness (QED) is 0.391. The zero-order valence-corrected chi connectivity index (χ0v) is 10.2. The summed E-state index contributed by atoms with van der Waals surface area (Å²) in [6.45, 7) is 4.24. The van der Waals surface area contributed by atoms with E-state index < -0.39 is 7.80 Å². The van der Waals surface area contributed by atoms with Crippen molar-refractivity contribution in [1.29, 1.82) is 0 Å². The second kappa shape index (κ2) is 10.4. The Morgan fingerprint density at radius 1 is 0.929 bits per heavy atom. The van der Waals surface area contributed by atoms with Crippen LogP contribution in [0.1, 0.15) is 52.4 Å². The minimum atomic E-state index is -1.92. The lowest BCUT2D eigenvalue weighted by atomic mass is 10.3. The molecule has 0 aliphatic rings. The van der Waals surface area contributed by atoms with Crippen molar-refractivity contribution in [2.24, 2.45) is 0 Å². The molecule has 0 bridgehead atoms. The largest absolute Gasteiger partial charge is 0.299 e. The molecule has 0 atom stereocenters. The van der Waals surface area contributed by atoms with Crippen LogP contribution in [-0.2, 0) is 4.57 Å². The minimum Gasteiger partial charge on any atom is -0.299 e. The molecular weight excluding hydrogens is 191 g/mol. The van der Waals surface area contributed by atoms with Crippen LogP contribution in [0.4, 0.5) is 0 Å². The molecule has 78 valence electrons. The van der Waals surface area contributed by atoms with Crippen molar-refractivity contribution in [1.82, 2.24) is 0 Å². The summed E-state index contributed by atoms with van der Waals surface area (Å²) >= 11 is 0. The summed E-state index contributed by atoms with van der Waals surface area (Å²) in [6.07, 6.45) is 6.15. The van der Waals surface area contributed by atoms with Gasteiger partial charge in [-0.15, -0.1) is 0 Å². The standard InChI is InChI=1S/C12H19OP/c1-3-5-7-9-11-14(13)12-10-8-6-4-2/h14H,3-8H2,1-2H3. The summed E-state index contributed by atoms with van der Waals surface area (Å²) in [5, 5.41) is 0. The first-order valence-electron chi connectivity index (χ1n) is 5.33. The molecule has 0 fully saturated rings. The zero-order chi connectivity index (χ0) is 10.6. The van der Waals surface area contributed by atoms with Gasteiger partial charge in [0.1, 0.15) is 0 Å². The fourth-order valence-electron chi connectivity index (χ4n) is 0.847. The van der Waals surface area contributed by atoms with Gasteiger partial charge >= 0.3 is 0 Å². The van der Waals surface area contributed by atoms with E-state index in [9.17, 15) is 4.57 Å². The van der Waals surface area contributed by atoms with Gasteiger partial charge in [-0.25, -0.2) is 0 Å². The van der Waals surface area contributed by atoms with Crippen LogP contribution in [0.3, 0.4) is 0 Å². The molecule has 0 heterocycles. The van der Waals surface area contributed by atoms with Crippen molar-refractivity contribution in [2.75, 3.05) is 0 Å². The summed E-state index contributed by atoms with van der Waals surface area (Å²) in [4.78, 5) is 0. The van der Waals surface area contributed by atoms with Crippen LogP contribution in [0.5, 0.6) is 0 Å².